The van der Waals surface area contributed by atoms with Gasteiger partial charge in [-0.3, -0.25) is 9.36 Å². The fourth-order valence-corrected chi connectivity index (χ4v) is 4.50. The first-order valence-corrected chi connectivity index (χ1v) is 10.5. The molecule has 4 aromatic rings. The van der Waals surface area contributed by atoms with Crippen LogP contribution in [0.5, 0.6) is 0 Å². The van der Waals surface area contributed by atoms with Crippen molar-refractivity contribution in [1.82, 2.24) is 9.55 Å². The summed E-state index contributed by atoms with van der Waals surface area (Å²) in [6.07, 6.45) is 1.62. The fraction of sp³-hybridized carbons (Fsp3) is 0.143. The van der Waals surface area contributed by atoms with Gasteiger partial charge in [0.25, 0.3) is 5.56 Å². The normalized spacial score (nSPS) is 11.1. The van der Waals surface area contributed by atoms with Crippen molar-refractivity contribution < 1.29 is 4.42 Å². The summed E-state index contributed by atoms with van der Waals surface area (Å²) in [6.45, 7) is 0.384. The first-order valence-electron chi connectivity index (χ1n) is 8.54. The van der Waals surface area contributed by atoms with E-state index in [4.69, 9.17) is 9.40 Å². The van der Waals surface area contributed by atoms with Gasteiger partial charge >= 0.3 is 0 Å². The second kappa shape index (κ2) is 8.15. The van der Waals surface area contributed by atoms with Gasteiger partial charge in [-0.25, -0.2) is 4.98 Å². The lowest BCUT2D eigenvalue weighted by molar-refractivity contribution is 0.485. The molecule has 136 valence electrons. The number of aromatic nitrogens is 2. The molecule has 0 N–H and O–H groups in total. The maximum atomic E-state index is 13.0. The van der Waals surface area contributed by atoms with Crippen LogP contribution in [0, 0.1) is 0 Å². The van der Waals surface area contributed by atoms with Crippen molar-refractivity contribution in [2.45, 2.75) is 18.1 Å². The minimum Gasteiger partial charge on any atom is -0.467 e. The predicted molar refractivity (Wildman–Crippen MR) is 113 cm³/mol. The predicted octanol–water partition coefficient (Wildman–Crippen LogP) is 5.23. The maximum absolute atomic E-state index is 13.0. The van der Waals surface area contributed by atoms with Crippen LogP contribution in [0.25, 0.3) is 10.9 Å². The van der Waals surface area contributed by atoms with Crippen molar-refractivity contribution in [3.63, 3.8) is 0 Å². The van der Waals surface area contributed by atoms with E-state index in [0.29, 0.717) is 17.7 Å². The van der Waals surface area contributed by atoms with Crippen LogP contribution < -0.4 is 5.56 Å². The average molecular weight is 441 g/mol. The molecule has 0 atom stereocenters. The third-order valence-corrected chi connectivity index (χ3v) is 6.03. The highest BCUT2D eigenvalue weighted by Crippen LogP contribution is 2.23. The minimum atomic E-state index is -0.0338. The smallest absolute Gasteiger partial charge is 0.261 e. The molecular weight excluding hydrogens is 424 g/mol. The zero-order valence-electron chi connectivity index (χ0n) is 14.5. The lowest BCUT2D eigenvalue weighted by Gasteiger charge is -2.13. The number of hydrogen-bond donors (Lipinski definition) is 0. The molecule has 0 aliphatic carbocycles. The Morgan fingerprint density at radius 2 is 1.81 bits per heavy atom. The number of benzene rings is 2. The van der Waals surface area contributed by atoms with E-state index in [1.165, 1.54) is 5.56 Å². The van der Waals surface area contributed by atoms with Gasteiger partial charge in [-0.2, -0.15) is 0 Å². The largest absolute Gasteiger partial charge is 0.467 e. The van der Waals surface area contributed by atoms with E-state index in [2.05, 4.69) is 22.0 Å². The first kappa shape index (κ1) is 18.1. The van der Waals surface area contributed by atoms with Crippen LogP contribution in [-0.2, 0) is 18.1 Å². The van der Waals surface area contributed by atoms with Crippen LogP contribution in [0.2, 0.25) is 0 Å². The SMILES string of the molecule is O=c1c2ccccc2nc(CSCc2ccccc2Br)n1Cc1ccco1. The molecule has 0 fully saturated rings. The molecule has 0 saturated heterocycles. The summed E-state index contributed by atoms with van der Waals surface area (Å²) in [5.74, 6) is 2.98. The third-order valence-electron chi connectivity index (χ3n) is 4.28. The fourth-order valence-electron chi connectivity index (χ4n) is 2.91. The standard InChI is InChI=1S/C21H17BrN2O2S/c22-18-9-3-1-6-15(18)13-27-14-20-23-19-10-4-2-8-17(19)21(25)24(20)12-16-7-5-11-26-16/h1-11H,12-14H2. The molecule has 0 unspecified atom stereocenters. The van der Waals surface area contributed by atoms with Gasteiger partial charge in [0.15, 0.2) is 0 Å². The summed E-state index contributed by atoms with van der Waals surface area (Å²) in [5, 5.41) is 0.628. The molecule has 4 nitrogen and oxygen atoms in total. The van der Waals surface area contributed by atoms with Gasteiger partial charge in [0.2, 0.25) is 0 Å². The zero-order valence-corrected chi connectivity index (χ0v) is 16.9. The van der Waals surface area contributed by atoms with Gasteiger partial charge < -0.3 is 4.42 Å². The molecule has 0 radical (unpaired) electrons. The zero-order chi connectivity index (χ0) is 18.6. The molecule has 4 rings (SSSR count). The first-order chi connectivity index (χ1) is 13.2. The number of furan rings is 1. The number of thioether (sulfide) groups is 1. The van der Waals surface area contributed by atoms with E-state index in [1.807, 2.05) is 54.6 Å². The van der Waals surface area contributed by atoms with Crippen LogP contribution in [0.1, 0.15) is 17.1 Å². The van der Waals surface area contributed by atoms with Crippen LogP contribution in [0.15, 0.2) is 80.6 Å². The Morgan fingerprint density at radius 1 is 1.00 bits per heavy atom. The number of halogens is 1. The molecule has 0 aliphatic rings. The molecule has 27 heavy (non-hydrogen) atoms. The third kappa shape index (κ3) is 4.01. The molecule has 2 heterocycles. The highest BCUT2D eigenvalue weighted by Gasteiger charge is 2.13. The molecule has 6 heteroatoms. The van der Waals surface area contributed by atoms with Gasteiger partial charge in [-0.15, -0.1) is 11.8 Å². The molecule has 2 aromatic carbocycles. The van der Waals surface area contributed by atoms with Gasteiger partial charge in [-0.05, 0) is 35.9 Å². The number of para-hydroxylation sites is 1. The van der Waals surface area contributed by atoms with Gasteiger partial charge in [0, 0.05) is 10.2 Å². The molecule has 0 aliphatic heterocycles. The molecule has 0 spiro atoms. The summed E-state index contributed by atoms with van der Waals surface area (Å²) >= 11 is 5.32. The number of hydrogen-bond acceptors (Lipinski definition) is 4. The maximum Gasteiger partial charge on any atom is 0.261 e. The topological polar surface area (TPSA) is 48.0 Å². The van der Waals surface area contributed by atoms with Crippen molar-refractivity contribution in [3.05, 3.63) is 98.9 Å². The molecule has 2 aromatic heterocycles. The summed E-state index contributed by atoms with van der Waals surface area (Å²) in [5.41, 5.74) is 1.92. The Morgan fingerprint density at radius 3 is 2.63 bits per heavy atom. The van der Waals surface area contributed by atoms with Gasteiger partial charge in [0.1, 0.15) is 11.6 Å². The van der Waals surface area contributed by atoms with E-state index in [-0.39, 0.29) is 5.56 Å². The van der Waals surface area contributed by atoms with Crippen molar-refractivity contribution in [3.8, 4) is 0 Å². The summed E-state index contributed by atoms with van der Waals surface area (Å²) in [7, 11) is 0. The Bertz CT molecular complexity index is 1120. The van der Waals surface area contributed by atoms with Gasteiger partial charge in [-0.1, -0.05) is 46.3 Å². The van der Waals surface area contributed by atoms with E-state index in [1.54, 1.807) is 22.6 Å². The van der Waals surface area contributed by atoms with Crippen molar-refractivity contribution in [1.29, 1.82) is 0 Å². The van der Waals surface area contributed by atoms with Crippen LogP contribution in [-0.4, -0.2) is 9.55 Å². The quantitative estimate of drug-likeness (QED) is 0.411. The number of rotatable bonds is 6. The average Bonchev–Trinajstić information content (AvgIpc) is 3.19. The summed E-state index contributed by atoms with van der Waals surface area (Å²) in [4.78, 5) is 17.8. The Hall–Kier alpha value is -2.31. The number of nitrogens with zero attached hydrogens (tertiary/aromatic N) is 2. The molecule has 0 saturated carbocycles. The van der Waals surface area contributed by atoms with Crippen LogP contribution in [0.3, 0.4) is 0 Å². The van der Waals surface area contributed by atoms with Crippen molar-refractivity contribution >= 4 is 38.6 Å². The summed E-state index contributed by atoms with van der Waals surface area (Å²) in [6, 6.07) is 19.4. The Kier molecular flexibility index (Phi) is 5.45. The van der Waals surface area contributed by atoms with Gasteiger partial charge in [0.05, 0.1) is 29.5 Å². The van der Waals surface area contributed by atoms with E-state index in [0.717, 1.165) is 27.3 Å². The van der Waals surface area contributed by atoms with Crippen LogP contribution >= 0.6 is 27.7 Å². The minimum absolute atomic E-state index is 0.0338. The Labute approximate surface area is 169 Å². The highest BCUT2D eigenvalue weighted by atomic mass is 79.9. The highest BCUT2D eigenvalue weighted by molar-refractivity contribution is 9.10. The Balaban J connectivity index is 1.65. The number of fused-ring (bicyclic) bond motifs is 1. The van der Waals surface area contributed by atoms with E-state index < -0.39 is 0 Å². The second-order valence-corrected chi connectivity index (χ2v) is 7.94. The monoisotopic (exact) mass is 440 g/mol. The van der Waals surface area contributed by atoms with Crippen molar-refractivity contribution in [2.24, 2.45) is 0 Å². The lowest BCUT2D eigenvalue weighted by Crippen LogP contribution is -2.25. The van der Waals surface area contributed by atoms with E-state index in [9.17, 15) is 4.79 Å². The van der Waals surface area contributed by atoms with E-state index >= 15 is 0 Å². The van der Waals surface area contributed by atoms with Crippen molar-refractivity contribution in [2.75, 3.05) is 0 Å². The molecule has 0 bridgehead atoms. The second-order valence-electron chi connectivity index (χ2n) is 6.10. The molecular formula is C21H17BrN2O2S. The van der Waals surface area contributed by atoms with Crippen LogP contribution in [0.4, 0.5) is 0 Å². The lowest BCUT2D eigenvalue weighted by atomic mass is 10.2. The summed E-state index contributed by atoms with van der Waals surface area (Å²) < 4.78 is 8.26. The molecule has 0 amide bonds.